The van der Waals surface area contributed by atoms with Crippen molar-refractivity contribution in [3.05, 3.63) is 161 Å². The molecule has 0 N–H and O–H groups in total. The van der Waals surface area contributed by atoms with Crippen molar-refractivity contribution in [2.75, 3.05) is 0 Å². The zero-order chi connectivity index (χ0) is 32.2. The van der Waals surface area contributed by atoms with Crippen molar-refractivity contribution >= 4 is 28.4 Å². The van der Waals surface area contributed by atoms with E-state index < -0.39 is 0 Å². The summed E-state index contributed by atoms with van der Waals surface area (Å²) in [5, 5.41) is 5.44. The van der Waals surface area contributed by atoms with Crippen LogP contribution in [0.2, 0.25) is 0 Å². The molecule has 0 bridgehead atoms. The number of fused-ring (bicyclic) bond motifs is 2. The van der Waals surface area contributed by atoms with Crippen LogP contribution in [0.1, 0.15) is 64.5 Å². The molecule has 6 rings (SSSR count). The molecule has 0 nitrogen and oxygen atoms in total. The predicted molar refractivity (Wildman–Crippen MR) is 208 cm³/mol. The fraction of sp³-hybridized carbons (Fsp3) is 0.227. The summed E-state index contributed by atoms with van der Waals surface area (Å²) < 4.78 is 0. The minimum atomic E-state index is 0. The van der Waals surface area contributed by atoms with Crippen LogP contribution in [0.4, 0.5) is 0 Å². The predicted octanol–water partition coefficient (Wildman–Crippen LogP) is 13.3. The van der Waals surface area contributed by atoms with Crippen LogP contribution in [-0.4, -0.2) is 6.88 Å². The second-order valence-electron chi connectivity index (χ2n) is 10.5. The van der Waals surface area contributed by atoms with E-state index in [4.69, 9.17) is 0 Å². The minimum absolute atomic E-state index is 0. The molecule has 6 aromatic carbocycles. The first-order chi connectivity index (χ1) is 21.6. The molecule has 2 radical (unpaired) electrons. The molecular weight excluding hydrogens is 648 g/mol. The summed E-state index contributed by atoms with van der Waals surface area (Å²) in [6.07, 6.45) is 6.76. The number of rotatable bonds is 6. The van der Waals surface area contributed by atoms with Gasteiger partial charge in [-0.3, -0.25) is 0 Å². The molecule has 0 unspecified atom stereocenters. The molecule has 0 aliphatic rings. The molecule has 0 fully saturated rings. The van der Waals surface area contributed by atoms with Crippen LogP contribution in [0.25, 0.3) is 43.8 Å². The van der Waals surface area contributed by atoms with E-state index in [0.717, 1.165) is 25.7 Å². The normalized spacial score (nSPS) is 9.41. The molecule has 0 heterocycles. The molecule has 0 saturated heterocycles. The second kappa shape index (κ2) is 25.3. The molecule has 0 aliphatic heterocycles. The van der Waals surface area contributed by atoms with E-state index in [1.54, 1.807) is 0 Å². The van der Waals surface area contributed by atoms with Crippen molar-refractivity contribution in [3.8, 4) is 22.3 Å². The third-order valence-electron chi connectivity index (χ3n) is 7.31. The fourth-order valence-electron chi connectivity index (χ4n) is 4.74. The Morgan fingerprint density at radius 2 is 0.848 bits per heavy atom. The number of hydrogen-bond acceptors (Lipinski definition) is 0. The maximum atomic E-state index is 3.60. The molecule has 0 spiro atoms. The summed E-state index contributed by atoms with van der Waals surface area (Å²) in [7, 11) is 0. The van der Waals surface area contributed by atoms with Gasteiger partial charge in [0.05, 0.1) is 0 Å². The van der Waals surface area contributed by atoms with Crippen LogP contribution in [0.5, 0.6) is 0 Å². The first-order valence-corrected chi connectivity index (χ1v) is 20.1. The zero-order valence-electron chi connectivity index (χ0n) is 29.2. The number of benzene rings is 4. The van der Waals surface area contributed by atoms with Gasteiger partial charge in [-0.1, -0.05) is 124 Å². The summed E-state index contributed by atoms with van der Waals surface area (Å²) >= 11 is 1.36. The summed E-state index contributed by atoms with van der Waals surface area (Å²) in [6.45, 7) is 18.9. The van der Waals surface area contributed by atoms with Gasteiger partial charge < -0.3 is 28.7 Å². The molecule has 2 heteroatoms. The van der Waals surface area contributed by atoms with Crippen LogP contribution in [0, 0.1) is 28.7 Å². The molecule has 46 heavy (non-hydrogen) atoms. The maximum absolute atomic E-state index is 3.60. The Morgan fingerprint density at radius 1 is 0.522 bits per heavy atom. The Morgan fingerprint density at radius 3 is 1.13 bits per heavy atom. The summed E-state index contributed by atoms with van der Waals surface area (Å²) in [5.41, 5.74) is 8.11. The number of aryl methyl sites for hydroxylation is 2. The Balaban J connectivity index is 0.000000664. The molecular formula is C44H54SiZr-6. The number of unbranched alkanes of at least 4 members (excludes halogenated alkanes) is 2. The molecule has 6 aromatic rings. The van der Waals surface area contributed by atoms with Gasteiger partial charge in [0.1, 0.15) is 0 Å². The van der Waals surface area contributed by atoms with Gasteiger partial charge in [-0.15, -0.1) is 69.1 Å². The first-order valence-electron chi connectivity index (χ1n) is 15.9. The van der Waals surface area contributed by atoms with Gasteiger partial charge in [-0.25, -0.2) is 0 Å². The molecule has 0 aliphatic carbocycles. The molecule has 0 saturated carbocycles. The Labute approximate surface area is 299 Å². The average molecular weight is 702 g/mol. The summed E-state index contributed by atoms with van der Waals surface area (Å²) in [4.78, 5) is 0. The van der Waals surface area contributed by atoms with Crippen LogP contribution >= 0.6 is 0 Å². The Kier molecular flexibility index (Phi) is 23.8. The van der Waals surface area contributed by atoms with Crippen LogP contribution in [-0.2, 0) is 36.2 Å². The van der Waals surface area contributed by atoms with Crippen molar-refractivity contribution in [2.24, 2.45) is 0 Å². The second-order valence-corrected chi connectivity index (χ2v) is 10.5. The van der Waals surface area contributed by atoms with E-state index in [1.165, 1.54) is 91.1 Å². The summed E-state index contributed by atoms with van der Waals surface area (Å²) in [5.74, 6) is 0. The van der Waals surface area contributed by atoms with Crippen LogP contribution in [0.3, 0.4) is 0 Å². The zero-order valence-corrected chi connectivity index (χ0v) is 32.7. The summed E-state index contributed by atoms with van der Waals surface area (Å²) in [6, 6.07) is 43.5. The van der Waals surface area contributed by atoms with E-state index >= 15 is 0 Å². The van der Waals surface area contributed by atoms with Gasteiger partial charge in [0, 0.05) is 0 Å². The SMILES string of the molecule is CCc1cc2c(-c3ccccc3)cccc2[cH-]1.CCc1cc2c(-c3ccccc3)cccc2[cH-]1.[CH2-]CCC.[CH2-]CCC.[CH3-].[CH3-].[Si]=[Zr]. The Bertz CT molecular complexity index is 1470. The van der Waals surface area contributed by atoms with Crippen molar-refractivity contribution in [1.82, 2.24) is 0 Å². The van der Waals surface area contributed by atoms with Gasteiger partial charge >= 0.3 is 30.2 Å². The first kappa shape index (κ1) is 43.2. The van der Waals surface area contributed by atoms with Gasteiger partial charge in [-0.05, 0) is 24.0 Å². The van der Waals surface area contributed by atoms with Crippen molar-refractivity contribution < 1.29 is 23.3 Å². The quantitative estimate of drug-likeness (QED) is 0.120. The van der Waals surface area contributed by atoms with E-state index in [2.05, 4.69) is 170 Å². The molecule has 0 atom stereocenters. The Hall–Kier alpha value is -2.80. The third kappa shape index (κ3) is 13.1. The van der Waals surface area contributed by atoms with Crippen molar-refractivity contribution in [1.29, 1.82) is 0 Å². The topological polar surface area (TPSA) is 0 Å². The van der Waals surface area contributed by atoms with Crippen LogP contribution in [0.15, 0.2) is 121 Å². The molecule has 0 aromatic heterocycles. The van der Waals surface area contributed by atoms with Gasteiger partial charge in [0.25, 0.3) is 0 Å². The van der Waals surface area contributed by atoms with E-state index in [-0.39, 0.29) is 14.9 Å². The van der Waals surface area contributed by atoms with Crippen molar-refractivity contribution in [3.63, 3.8) is 0 Å². The van der Waals surface area contributed by atoms with Gasteiger partial charge in [0.2, 0.25) is 0 Å². The standard InChI is InChI=1S/2C17H15.2C4H9.2CH3.Si.Zr/c2*1-2-13-11-15-9-6-10-16(17(15)12-13)14-7-4-3-5-8-14;2*1-3-4-2;;;;/h2*3-12H,2H2,1H3;2*1,3-4H2,2H3;2*1H3;;/q6*-1;;. The van der Waals surface area contributed by atoms with Gasteiger partial charge in [0.15, 0.2) is 0 Å². The third-order valence-corrected chi connectivity index (χ3v) is 7.31. The molecule has 0 amide bonds. The fourth-order valence-corrected chi connectivity index (χ4v) is 4.74. The van der Waals surface area contributed by atoms with Crippen molar-refractivity contribution in [2.45, 2.75) is 66.2 Å². The van der Waals surface area contributed by atoms with E-state index in [0.29, 0.717) is 0 Å². The molecule has 244 valence electrons. The van der Waals surface area contributed by atoms with Crippen LogP contribution < -0.4 is 0 Å². The van der Waals surface area contributed by atoms with E-state index in [1.807, 2.05) is 0 Å². The van der Waals surface area contributed by atoms with E-state index in [9.17, 15) is 0 Å². The number of hydrogen-bond donors (Lipinski definition) is 0. The average Bonchev–Trinajstić information content (AvgIpc) is 3.74. The monoisotopic (exact) mass is 700 g/mol. The van der Waals surface area contributed by atoms with Gasteiger partial charge in [-0.2, -0.15) is 25.0 Å².